The number of nitrogens with one attached hydrogen (secondary N) is 1. The van der Waals surface area contributed by atoms with E-state index in [0.29, 0.717) is 6.10 Å². The fraction of sp³-hybridized carbons (Fsp3) is 0.583. The van der Waals surface area contributed by atoms with E-state index in [1.165, 1.54) is 0 Å². The number of methoxy groups -OCH3 is 1. The Bertz CT molecular complexity index is 361. The van der Waals surface area contributed by atoms with Crippen LogP contribution in [0.5, 0.6) is 0 Å². The van der Waals surface area contributed by atoms with E-state index in [1.54, 1.807) is 25.6 Å². The second-order valence-corrected chi connectivity index (χ2v) is 4.26. The summed E-state index contributed by atoms with van der Waals surface area (Å²) in [6.07, 6.45) is 7.40. The molecule has 0 spiro atoms. The van der Waals surface area contributed by atoms with Crippen LogP contribution in [0, 0.1) is 0 Å². The summed E-state index contributed by atoms with van der Waals surface area (Å²) in [7, 11) is 1.74. The lowest BCUT2D eigenvalue weighted by Gasteiger charge is -2.27. The highest BCUT2D eigenvalue weighted by molar-refractivity contribution is 5.90. The fourth-order valence-electron chi connectivity index (χ4n) is 2.11. The van der Waals surface area contributed by atoms with Crippen LogP contribution in [-0.2, 0) is 4.74 Å². The number of hydrogen-bond acceptors (Lipinski definition) is 4. The van der Waals surface area contributed by atoms with Crippen molar-refractivity contribution in [1.82, 2.24) is 15.3 Å². The van der Waals surface area contributed by atoms with E-state index < -0.39 is 0 Å². The zero-order valence-electron chi connectivity index (χ0n) is 9.93. The lowest BCUT2D eigenvalue weighted by atomic mass is 9.93. The first-order chi connectivity index (χ1) is 8.29. The Morgan fingerprint density at radius 2 is 1.94 bits per heavy atom. The molecule has 0 saturated heterocycles. The number of carbonyl (C=O) groups excluding carboxylic acids is 1. The summed E-state index contributed by atoms with van der Waals surface area (Å²) in [5.74, 6) is 0.0489. The third-order valence-electron chi connectivity index (χ3n) is 3.11. The maximum atomic E-state index is 11.8. The summed E-state index contributed by atoms with van der Waals surface area (Å²) < 4.78 is 5.29. The SMILES string of the molecule is COC1CCC(NC(=O)c2ncccn2)CC1. The van der Waals surface area contributed by atoms with Crippen molar-refractivity contribution in [3.8, 4) is 0 Å². The van der Waals surface area contributed by atoms with Gasteiger partial charge in [0.1, 0.15) is 0 Å². The van der Waals surface area contributed by atoms with Gasteiger partial charge in [0.2, 0.25) is 5.82 Å². The van der Waals surface area contributed by atoms with E-state index in [1.807, 2.05) is 0 Å². The van der Waals surface area contributed by atoms with Gasteiger partial charge in [0, 0.05) is 25.5 Å². The van der Waals surface area contributed by atoms with Gasteiger partial charge >= 0.3 is 0 Å². The summed E-state index contributed by atoms with van der Waals surface area (Å²) >= 11 is 0. The molecule has 0 aromatic carbocycles. The molecule has 1 aliphatic rings. The summed E-state index contributed by atoms with van der Waals surface area (Å²) in [5, 5.41) is 2.96. The molecule has 5 heteroatoms. The highest BCUT2D eigenvalue weighted by atomic mass is 16.5. The molecular weight excluding hydrogens is 218 g/mol. The molecule has 1 fully saturated rings. The number of aromatic nitrogens is 2. The van der Waals surface area contributed by atoms with Gasteiger partial charge in [-0.05, 0) is 31.7 Å². The molecule has 1 aromatic heterocycles. The van der Waals surface area contributed by atoms with Crippen molar-refractivity contribution >= 4 is 5.91 Å². The van der Waals surface area contributed by atoms with Crippen molar-refractivity contribution in [1.29, 1.82) is 0 Å². The maximum absolute atomic E-state index is 11.8. The Morgan fingerprint density at radius 1 is 1.29 bits per heavy atom. The molecule has 0 radical (unpaired) electrons. The van der Waals surface area contributed by atoms with Gasteiger partial charge in [-0.2, -0.15) is 0 Å². The molecule has 1 heterocycles. The van der Waals surface area contributed by atoms with Crippen molar-refractivity contribution in [2.24, 2.45) is 0 Å². The smallest absolute Gasteiger partial charge is 0.289 e. The van der Waals surface area contributed by atoms with E-state index >= 15 is 0 Å². The summed E-state index contributed by atoms with van der Waals surface area (Å²) in [4.78, 5) is 19.7. The van der Waals surface area contributed by atoms with Gasteiger partial charge in [0.15, 0.2) is 0 Å². The van der Waals surface area contributed by atoms with Crippen LogP contribution in [0.25, 0.3) is 0 Å². The highest BCUT2D eigenvalue weighted by Crippen LogP contribution is 2.20. The molecule has 1 N–H and O–H groups in total. The lowest BCUT2D eigenvalue weighted by molar-refractivity contribution is 0.0597. The third kappa shape index (κ3) is 3.23. The molecule has 92 valence electrons. The van der Waals surface area contributed by atoms with Crippen molar-refractivity contribution in [2.75, 3.05) is 7.11 Å². The first-order valence-electron chi connectivity index (χ1n) is 5.90. The lowest BCUT2D eigenvalue weighted by Crippen LogP contribution is -2.39. The predicted molar refractivity (Wildman–Crippen MR) is 62.6 cm³/mol. The molecule has 1 saturated carbocycles. The van der Waals surface area contributed by atoms with Gasteiger partial charge in [0.25, 0.3) is 5.91 Å². The van der Waals surface area contributed by atoms with Gasteiger partial charge in [-0.3, -0.25) is 4.79 Å². The fourth-order valence-corrected chi connectivity index (χ4v) is 2.11. The normalized spacial score (nSPS) is 24.3. The largest absolute Gasteiger partial charge is 0.381 e. The van der Waals surface area contributed by atoms with Crippen molar-refractivity contribution in [3.05, 3.63) is 24.3 Å². The minimum Gasteiger partial charge on any atom is -0.381 e. The first-order valence-corrected chi connectivity index (χ1v) is 5.90. The molecule has 2 rings (SSSR count). The minimum atomic E-state index is -0.188. The maximum Gasteiger partial charge on any atom is 0.289 e. The topological polar surface area (TPSA) is 64.1 Å². The zero-order valence-corrected chi connectivity index (χ0v) is 9.93. The predicted octanol–water partition coefficient (Wildman–Crippen LogP) is 1.16. The summed E-state index contributed by atoms with van der Waals surface area (Å²) in [6.45, 7) is 0. The number of carbonyl (C=O) groups is 1. The van der Waals surface area contributed by atoms with Crippen LogP contribution in [-0.4, -0.2) is 35.1 Å². The van der Waals surface area contributed by atoms with Gasteiger partial charge in [-0.1, -0.05) is 0 Å². The summed E-state index contributed by atoms with van der Waals surface area (Å²) in [6, 6.07) is 1.92. The minimum absolute atomic E-state index is 0.188. The Hall–Kier alpha value is -1.49. The van der Waals surface area contributed by atoms with Crippen LogP contribution in [0.3, 0.4) is 0 Å². The number of ether oxygens (including phenoxy) is 1. The Morgan fingerprint density at radius 3 is 2.53 bits per heavy atom. The van der Waals surface area contributed by atoms with Gasteiger partial charge < -0.3 is 10.1 Å². The van der Waals surface area contributed by atoms with Gasteiger partial charge in [-0.15, -0.1) is 0 Å². The Balaban J connectivity index is 1.84. The van der Waals surface area contributed by atoms with Crippen LogP contribution >= 0.6 is 0 Å². The number of amides is 1. The van der Waals surface area contributed by atoms with E-state index in [0.717, 1.165) is 25.7 Å². The van der Waals surface area contributed by atoms with Crippen LogP contribution in [0.1, 0.15) is 36.3 Å². The molecular formula is C12H17N3O2. The van der Waals surface area contributed by atoms with Crippen LogP contribution in [0.4, 0.5) is 0 Å². The molecule has 1 amide bonds. The van der Waals surface area contributed by atoms with E-state index in [2.05, 4.69) is 15.3 Å². The Labute approximate surface area is 101 Å². The molecule has 0 bridgehead atoms. The second kappa shape index (κ2) is 5.72. The second-order valence-electron chi connectivity index (χ2n) is 4.26. The van der Waals surface area contributed by atoms with Crippen LogP contribution in [0.15, 0.2) is 18.5 Å². The Kier molecular flexibility index (Phi) is 4.03. The van der Waals surface area contributed by atoms with Crippen LogP contribution < -0.4 is 5.32 Å². The molecule has 0 unspecified atom stereocenters. The monoisotopic (exact) mass is 235 g/mol. The molecule has 1 aromatic rings. The number of hydrogen-bond donors (Lipinski definition) is 1. The van der Waals surface area contributed by atoms with Crippen molar-refractivity contribution < 1.29 is 9.53 Å². The standard InChI is InChI=1S/C12H17N3O2/c1-17-10-5-3-9(4-6-10)15-12(16)11-13-7-2-8-14-11/h2,7-10H,3-6H2,1H3,(H,15,16). The zero-order chi connectivity index (χ0) is 12.1. The van der Waals surface area contributed by atoms with E-state index in [9.17, 15) is 4.79 Å². The average molecular weight is 235 g/mol. The van der Waals surface area contributed by atoms with E-state index in [-0.39, 0.29) is 17.8 Å². The van der Waals surface area contributed by atoms with Gasteiger partial charge in [0.05, 0.1) is 6.10 Å². The molecule has 0 aliphatic heterocycles. The third-order valence-corrected chi connectivity index (χ3v) is 3.11. The quantitative estimate of drug-likeness (QED) is 0.854. The first kappa shape index (κ1) is 12.0. The molecule has 0 atom stereocenters. The number of nitrogens with zero attached hydrogens (tertiary/aromatic N) is 2. The molecule has 5 nitrogen and oxygen atoms in total. The average Bonchev–Trinajstić information content (AvgIpc) is 2.40. The van der Waals surface area contributed by atoms with E-state index in [4.69, 9.17) is 4.74 Å². The van der Waals surface area contributed by atoms with Crippen molar-refractivity contribution in [2.45, 2.75) is 37.8 Å². The molecule has 1 aliphatic carbocycles. The summed E-state index contributed by atoms with van der Waals surface area (Å²) in [5.41, 5.74) is 0. The van der Waals surface area contributed by atoms with Crippen molar-refractivity contribution in [3.63, 3.8) is 0 Å². The van der Waals surface area contributed by atoms with Gasteiger partial charge in [-0.25, -0.2) is 9.97 Å². The highest BCUT2D eigenvalue weighted by Gasteiger charge is 2.22. The van der Waals surface area contributed by atoms with Crippen LogP contribution in [0.2, 0.25) is 0 Å². The molecule has 17 heavy (non-hydrogen) atoms. The number of rotatable bonds is 3.